The molecule has 0 aliphatic heterocycles. The van der Waals surface area contributed by atoms with Gasteiger partial charge in [0.2, 0.25) is 0 Å². The van der Waals surface area contributed by atoms with Gasteiger partial charge in [-0.05, 0) is 19.4 Å². The van der Waals surface area contributed by atoms with E-state index in [1.807, 2.05) is 6.92 Å². The van der Waals surface area contributed by atoms with E-state index in [2.05, 4.69) is 11.2 Å². The highest BCUT2D eigenvalue weighted by atomic mass is 19.3. The maximum atomic E-state index is 12.2. The van der Waals surface area contributed by atoms with Gasteiger partial charge in [0.25, 0.3) is 6.43 Å². The first-order chi connectivity index (χ1) is 5.72. The third-order valence-corrected chi connectivity index (χ3v) is 1.61. The van der Waals surface area contributed by atoms with Crippen molar-refractivity contribution in [3.63, 3.8) is 0 Å². The molecule has 1 unspecified atom stereocenters. The van der Waals surface area contributed by atoms with Crippen molar-refractivity contribution in [2.24, 2.45) is 0 Å². The maximum Gasteiger partial charge on any atom is 0.253 e. The molecular weight excluding hydrogens is 160 g/mol. The number of rotatable bonds is 6. The summed E-state index contributed by atoms with van der Waals surface area (Å²) in [4.78, 5) is 0. The summed E-state index contributed by atoms with van der Waals surface area (Å²) in [5, 5.41) is 2.72. The highest BCUT2D eigenvalue weighted by Gasteiger charge is 2.17. The maximum absolute atomic E-state index is 12.2. The smallest absolute Gasteiger partial charge is 0.253 e. The molecule has 0 radical (unpaired) electrons. The van der Waals surface area contributed by atoms with E-state index in [4.69, 9.17) is 6.42 Å². The van der Waals surface area contributed by atoms with E-state index in [1.165, 1.54) is 0 Å². The molecule has 70 valence electrons. The van der Waals surface area contributed by atoms with E-state index in [9.17, 15) is 8.78 Å². The fourth-order valence-corrected chi connectivity index (χ4v) is 1.00. The van der Waals surface area contributed by atoms with E-state index in [0.717, 1.165) is 0 Å². The van der Waals surface area contributed by atoms with Crippen LogP contribution >= 0.6 is 0 Å². The lowest BCUT2D eigenvalue weighted by Gasteiger charge is -2.15. The molecule has 0 aliphatic rings. The summed E-state index contributed by atoms with van der Waals surface area (Å²) < 4.78 is 24.4. The predicted octanol–water partition coefficient (Wildman–Crippen LogP) is 2.03. The molecule has 12 heavy (non-hydrogen) atoms. The first kappa shape index (κ1) is 11.4. The summed E-state index contributed by atoms with van der Waals surface area (Å²) in [5.41, 5.74) is 0. The summed E-state index contributed by atoms with van der Waals surface area (Å²) >= 11 is 0. The molecule has 0 bridgehead atoms. The quantitative estimate of drug-likeness (QED) is 0.481. The summed E-state index contributed by atoms with van der Waals surface area (Å²) in [7, 11) is 0. The van der Waals surface area contributed by atoms with Crippen molar-refractivity contribution in [3.05, 3.63) is 0 Å². The van der Waals surface area contributed by atoms with Gasteiger partial charge in [-0.1, -0.05) is 6.92 Å². The zero-order valence-electron chi connectivity index (χ0n) is 7.32. The average molecular weight is 175 g/mol. The van der Waals surface area contributed by atoms with E-state index in [1.54, 1.807) is 0 Å². The Morgan fingerprint density at radius 2 is 2.17 bits per heavy atom. The number of unbranched alkanes of at least 4 members (excludes halogenated alkanes) is 1. The Labute approximate surface area is 72.5 Å². The molecule has 0 fully saturated rings. The van der Waals surface area contributed by atoms with Crippen LogP contribution in [0, 0.1) is 12.3 Å². The molecular formula is C9H15F2N. The molecule has 1 N–H and O–H groups in total. The van der Waals surface area contributed by atoms with Crippen LogP contribution in [0.5, 0.6) is 0 Å². The molecule has 0 aliphatic carbocycles. The number of hydrogen-bond acceptors (Lipinski definition) is 1. The van der Waals surface area contributed by atoms with Gasteiger partial charge in [-0.15, -0.1) is 12.3 Å². The first-order valence-corrected chi connectivity index (χ1v) is 4.17. The van der Waals surface area contributed by atoms with Crippen molar-refractivity contribution in [2.75, 3.05) is 6.54 Å². The van der Waals surface area contributed by atoms with Gasteiger partial charge in [0.1, 0.15) is 0 Å². The molecule has 0 aromatic carbocycles. The zero-order chi connectivity index (χ0) is 9.40. The lowest BCUT2D eigenvalue weighted by atomic mass is 10.1. The van der Waals surface area contributed by atoms with Gasteiger partial charge < -0.3 is 5.32 Å². The van der Waals surface area contributed by atoms with Gasteiger partial charge in [0.05, 0.1) is 6.04 Å². The number of hydrogen-bond donors (Lipinski definition) is 1. The Kier molecular flexibility index (Phi) is 6.69. The monoisotopic (exact) mass is 175 g/mol. The topological polar surface area (TPSA) is 12.0 Å². The normalized spacial score (nSPS) is 12.9. The number of alkyl halides is 2. The molecule has 3 heteroatoms. The van der Waals surface area contributed by atoms with Gasteiger partial charge in [0, 0.05) is 6.42 Å². The van der Waals surface area contributed by atoms with Crippen LogP contribution in [0.15, 0.2) is 0 Å². The molecule has 0 aromatic heterocycles. The molecule has 0 aromatic rings. The van der Waals surface area contributed by atoms with Crippen LogP contribution in [-0.2, 0) is 0 Å². The number of terminal acetylenes is 1. The van der Waals surface area contributed by atoms with Crippen molar-refractivity contribution < 1.29 is 8.78 Å². The Morgan fingerprint density at radius 1 is 1.50 bits per heavy atom. The van der Waals surface area contributed by atoms with E-state index in [-0.39, 0.29) is 0 Å². The minimum atomic E-state index is -2.29. The minimum Gasteiger partial charge on any atom is -0.309 e. The van der Waals surface area contributed by atoms with Crippen LogP contribution in [0.2, 0.25) is 0 Å². The Bertz CT molecular complexity index is 140. The van der Waals surface area contributed by atoms with Crippen molar-refractivity contribution in [1.29, 1.82) is 0 Å². The number of nitrogens with one attached hydrogen (secondary N) is 1. The van der Waals surface area contributed by atoms with Crippen LogP contribution in [0.3, 0.4) is 0 Å². The molecule has 0 saturated heterocycles. The van der Waals surface area contributed by atoms with Crippen LogP contribution < -0.4 is 5.32 Å². The van der Waals surface area contributed by atoms with Gasteiger partial charge in [-0.25, -0.2) is 8.78 Å². The standard InChI is InChI=1S/C9H15F2N/c1-3-5-6-7-8(9(10)11)12-4-2/h1,8-9,12H,4-7H2,2H3. The second kappa shape index (κ2) is 7.05. The third-order valence-electron chi connectivity index (χ3n) is 1.61. The fraction of sp³-hybridized carbons (Fsp3) is 0.778. The second-order valence-corrected chi connectivity index (χ2v) is 2.59. The fourth-order valence-electron chi connectivity index (χ4n) is 1.00. The molecule has 0 saturated carbocycles. The highest BCUT2D eigenvalue weighted by Crippen LogP contribution is 2.08. The SMILES string of the molecule is C#CCCCC(NCC)C(F)F. The summed E-state index contributed by atoms with van der Waals surface area (Å²) in [6.07, 6.45) is 4.41. The van der Waals surface area contributed by atoms with Crippen LogP contribution in [0.25, 0.3) is 0 Å². The van der Waals surface area contributed by atoms with Gasteiger partial charge in [0.15, 0.2) is 0 Å². The van der Waals surface area contributed by atoms with Crippen LogP contribution in [0.4, 0.5) is 8.78 Å². The summed E-state index contributed by atoms with van der Waals surface area (Å²) in [5.74, 6) is 2.43. The molecule has 0 spiro atoms. The van der Waals surface area contributed by atoms with E-state index < -0.39 is 12.5 Å². The Hall–Kier alpha value is -0.620. The molecule has 0 amide bonds. The number of halogens is 2. The highest BCUT2D eigenvalue weighted by molar-refractivity contribution is 4.84. The zero-order valence-corrected chi connectivity index (χ0v) is 7.32. The predicted molar refractivity (Wildman–Crippen MR) is 46.2 cm³/mol. The van der Waals surface area contributed by atoms with E-state index in [0.29, 0.717) is 25.8 Å². The summed E-state index contributed by atoms with van der Waals surface area (Å²) in [6.45, 7) is 2.39. The van der Waals surface area contributed by atoms with Gasteiger partial charge in [-0.3, -0.25) is 0 Å². The molecule has 1 atom stereocenters. The lowest BCUT2D eigenvalue weighted by Crippen LogP contribution is -2.35. The molecule has 0 rings (SSSR count). The van der Waals surface area contributed by atoms with Crippen LogP contribution in [0.1, 0.15) is 26.2 Å². The van der Waals surface area contributed by atoms with Crippen molar-refractivity contribution in [1.82, 2.24) is 5.32 Å². The molecule has 0 heterocycles. The van der Waals surface area contributed by atoms with E-state index >= 15 is 0 Å². The Morgan fingerprint density at radius 3 is 2.58 bits per heavy atom. The third kappa shape index (κ3) is 5.09. The van der Waals surface area contributed by atoms with Crippen molar-refractivity contribution in [2.45, 2.75) is 38.7 Å². The minimum absolute atomic E-state index is 0.454. The second-order valence-electron chi connectivity index (χ2n) is 2.59. The first-order valence-electron chi connectivity index (χ1n) is 4.17. The largest absolute Gasteiger partial charge is 0.309 e. The summed E-state index contributed by atoms with van der Waals surface area (Å²) in [6, 6.07) is -0.691. The van der Waals surface area contributed by atoms with Gasteiger partial charge >= 0.3 is 0 Å². The lowest BCUT2D eigenvalue weighted by molar-refractivity contribution is 0.0942. The van der Waals surface area contributed by atoms with Gasteiger partial charge in [-0.2, -0.15) is 0 Å². The molecule has 1 nitrogen and oxygen atoms in total. The average Bonchev–Trinajstić information content (AvgIpc) is 2.03. The van der Waals surface area contributed by atoms with Crippen molar-refractivity contribution in [3.8, 4) is 12.3 Å². The Balaban J connectivity index is 3.57. The van der Waals surface area contributed by atoms with Crippen molar-refractivity contribution >= 4 is 0 Å². The van der Waals surface area contributed by atoms with Crippen LogP contribution in [-0.4, -0.2) is 19.0 Å².